The molecule has 3 aromatic carbocycles. The molecule has 0 bridgehead atoms. The second kappa shape index (κ2) is 10.2. The van der Waals surface area contributed by atoms with Crippen LogP contribution in [-0.2, 0) is 21.2 Å². The summed E-state index contributed by atoms with van der Waals surface area (Å²) >= 11 is 6.02. The smallest absolute Gasteiger partial charge is 0.245 e. The van der Waals surface area contributed by atoms with Gasteiger partial charge in [0, 0.05) is 10.7 Å². The van der Waals surface area contributed by atoms with Crippen molar-refractivity contribution >= 4 is 33.2 Å². The number of carbonyl (C=O) groups is 1. The predicted molar refractivity (Wildman–Crippen MR) is 127 cm³/mol. The molecule has 32 heavy (non-hydrogen) atoms. The van der Waals surface area contributed by atoms with Gasteiger partial charge in [-0.05, 0) is 55.2 Å². The standard InChI is InChI=1S/C24H25ClN2O4S/c1-16-8-7-9-17(2)23(16)26-24(28)20(14-18-10-5-4-6-11-18)27-32(29,30)22-15-19(25)12-13-21(22)31-3/h4-13,15,20,27H,14H2,1-3H3,(H,26,28)/t20-/m0/s1. The van der Waals surface area contributed by atoms with Gasteiger partial charge in [0.05, 0.1) is 7.11 Å². The highest BCUT2D eigenvalue weighted by molar-refractivity contribution is 7.89. The van der Waals surface area contributed by atoms with Crippen LogP contribution in [0.25, 0.3) is 0 Å². The van der Waals surface area contributed by atoms with Crippen molar-refractivity contribution in [1.82, 2.24) is 4.72 Å². The largest absolute Gasteiger partial charge is 0.495 e. The van der Waals surface area contributed by atoms with Crippen molar-refractivity contribution in [2.45, 2.75) is 31.2 Å². The molecule has 0 saturated carbocycles. The Morgan fingerprint density at radius 2 is 1.66 bits per heavy atom. The zero-order valence-electron chi connectivity index (χ0n) is 18.1. The molecular formula is C24H25ClN2O4S. The van der Waals surface area contributed by atoms with Crippen molar-refractivity contribution in [2.24, 2.45) is 0 Å². The first-order chi connectivity index (χ1) is 15.2. The summed E-state index contributed by atoms with van der Waals surface area (Å²) in [7, 11) is -2.75. The van der Waals surface area contributed by atoms with Crippen LogP contribution in [0.3, 0.4) is 0 Å². The number of halogens is 1. The van der Waals surface area contributed by atoms with Crippen molar-refractivity contribution in [3.8, 4) is 5.75 Å². The topological polar surface area (TPSA) is 84.5 Å². The summed E-state index contributed by atoms with van der Waals surface area (Å²) in [6, 6.07) is 18.1. The molecule has 3 aromatic rings. The molecule has 6 nitrogen and oxygen atoms in total. The number of benzene rings is 3. The van der Waals surface area contributed by atoms with Crippen LogP contribution >= 0.6 is 11.6 Å². The maximum atomic E-state index is 13.3. The van der Waals surface area contributed by atoms with Gasteiger partial charge >= 0.3 is 0 Å². The Hall–Kier alpha value is -2.87. The summed E-state index contributed by atoms with van der Waals surface area (Å²) in [6.07, 6.45) is 0.166. The molecule has 0 radical (unpaired) electrons. The lowest BCUT2D eigenvalue weighted by Gasteiger charge is -2.21. The Bertz CT molecular complexity index is 1190. The van der Waals surface area contributed by atoms with E-state index < -0.39 is 22.0 Å². The Kier molecular flexibility index (Phi) is 7.56. The summed E-state index contributed by atoms with van der Waals surface area (Å²) < 4.78 is 34.2. The molecule has 168 valence electrons. The number of methoxy groups -OCH3 is 1. The zero-order valence-corrected chi connectivity index (χ0v) is 19.6. The van der Waals surface area contributed by atoms with E-state index in [0.717, 1.165) is 16.7 Å². The van der Waals surface area contributed by atoms with Crippen molar-refractivity contribution in [1.29, 1.82) is 0 Å². The minimum absolute atomic E-state index is 0.134. The van der Waals surface area contributed by atoms with E-state index >= 15 is 0 Å². The van der Waals surface area contributed by atoms with Gasteiger partial charge in [-0.25, -0.2) is 8.42 Å². The molecule has 0 aliphatic heterocycles. The van der Waals surface area contributed by atoms with Gasteiger partial charge in [-0.15, -0.1) is 0 Å². The molecule has 0 saturated heterocycles. The normalized spacial score (nSPS) is 12.2. The number of sulfonamides is 1. The maximum absolute atomic E-state index is 13.3. The lowest BCUT2D eigenvalue weighted by atomic mass is 10.0. The molecule has 0 heterocycles. The first-order valence-electron chi connectivity index (χ1n) is 9.98. The molecular weight excluding hydrogens is 448 g/mol. The van der Waals surface area contributed by atoms with E-state index in [0.29, 0.717) is 5.69 Å². The molecule has 1 amide bonds. The van der Waals surface area contributed by atoms with Crippen LogP contribution in [0.4, 0.5) is 5.69 Å². The summed E-state index contributed by atoms with van der Waals surface area (Å²) in [4.78, 5) is 13.1. The van der Waals surface area contributed by atoms with Crippen LogP contribution in [0.15, 0.2) is 71.6 Å². The Morgan fingerprint density at radius 1 is 1.00 bits per heavy atom. The van der Waals surface area contributed by atoms with E-state index in [4.69, 9.17) is 16.3 Å². The fourth-order valence-electron chi connectivity index (χ4n) is 3.37. The number of rotatable bonds is 8. The highest BCUT2D eigenvalue weighted by atomic mass is 35.5. The van der Waals surface area contributed by atoms with Crippen LogP contribution in [0.5, 0.6) is 5.75 Å². The summed E-state index contributed by atoms with van der Waals surface area (Å²) in [5, 5.41) is 3.13. The lowest BCUT2D eigenvalue weighted by molar-refractivity contribution is -0.117. The SMILES string of the molecule is COc1ccc(Cl)cc1S(=O)(=O)N[C@@H](Cc1ccccc1)C(=O)Nc1c(C)cccc1C. The fourth-order valence-corrected chi connectivity index (χ4v) is 5.00. The van der Waals surface area contributed by atoms with E-state index in [1.807, 2.05) is 62.4 Å². The fraction of sp³-hybridized carbons (Fsp3) is 0.208. The number of anilines is 1. The van der Waals surface area contributed by atoms with E-state index in [1.54, 1.807) is 0 Å². The van der Waals surface area contributed by atoms with Gasteiger partial charge in [0.2, 0.25) is 15.9 Å². The molecule has 0 fully saturated rings. The number of aryl methyl sites for hydroxylation is 2. The van der Waals surface area contributed by atoms with E-state index in [2.05, 4.69) is 10.0 Å². The average Bonchev–Trinajstić information content (AvgIpc) is 2.76. The molecule has 2 N–H and O–H groups in total. The second-order valence-electron chi connectivity index (χ2n) is 7.41. The van der Waals surface area contributed by atoms with Gasteiger partial charge in [-0.3, -0.25) is 4.79 Å². The van der Waals surface area contributed by atoms with Crippen molar-refractivity contribution in [2.75, 3.05) is 12.4 Å². The van der Waals surface area contributed by atoms with Crippen LogP contribution in [-0.4, -0.2) is 27.5 Å². The van der Waals surface area contributed by atoms with Crippen LogP contribution in [0.2, 0.25) is 5.02 Å². The second-order valence-corrected chi connectivity index (χ2v) is 9.53. The van der Waals surface area contributed by atoms with E-state index in [1.165, 1.54) is 25.3 Å². The number of nitrogens with one attached hydrogen (secondary N) is 2. The molecule has 0 aliphatic carbocycles. The maximum Gasteiger partial charge on any atom is 0.245 e. The van der Waals surface area contributed by atoms with Crippen LogP contribution in [0, 0.1) is 13.8 Å². The molecule has 0 aliphatic rings. The number of amides is 1. The predicted octanol–water partition coefficient (Wildman–Crippen LogP) is 4.49. The summed E-state index contributed by atoms with van der Waals surface area (Å²) in [5.74, 6) is -0.327. The number of hydrogen-bond donors (Lipinski definition) is 2. The van der Waals surface area contributed by atoms with Crippen molar-refractivity contribution in [3.05, 3.63) is 88.4 Å². The molecule has 1 atom stereocenters. The number of ether oxygens (including phenoxy) is 1. The Morgan fingerprint density at radius 3 is 2.28 bits per heavy atom. The first kappa shape index (κ1) is 23.8. The van der Waals surface area contributed by atoms with Gasteiger partial charge in [-0.1, -0.05) is 60.1 Å². The van der Waals surface area contributed by atoms with Crippen LogP contribution in [0.1, 0.15) is 16.7 Å². The highest BCUT2D eigenvalue weighted by Crippen LogP contribution is 2.27. The van der Waals surface area contributed by atoms with E-state index in [-0.39, 0.29) is 22.1 Å². The minimum atomic E-state index is -4.12. The molecule has 0 aromatic heterocycles. The van der Waals surface area contributed by atoms with Gasteiger partial charge in [0.1, 0.15) is 16.7 Å². The molecule has 8 heteroatoms. The highest BCUT2D eigenvalue weighted by Gasteiger charge is 2.29. The quantitative estimate of drug-likeness (QED) is 0.505. The zero-order chi connectivity index (χ0) is 23.3. The summed E-state index contributed by atoms with van der Waals surface area (Å²) in [6.45, 7) is 3.77. The third kappa shape index (κ3) is 5.68. The van der Waals surface area contributed by atoms with Gasteiger partial charge in [0.15, 0.2) is 0 Å². The Balaban J connectivity index is 1.96. The van der Waals surface area contributed by atoms with Crippen LogP contribution < -0.4 is 14.8 Å². The molecule has 0 unspecified atom stereocenters. The van der Waals surface area contributed by atoms with E-state index in [9.17, 15) is 13.2 Å². The van der Waals surface area contributed by atoms with Gasteiger partial charge < -0.3 is 10.1 Å². The first-order valence-corrected chi connectivity index (χ1v) is 11.8. The third-order valence-corrected chi connectivity index (χ3v) is 6.77. The monoisotopic (exact) mass is 472 g/mol. The minimum Gasteiger partial charge on any atom is -0.495 e. The summed E-state index contributed by atoms with van der Waals surface area (Å²) in [5.41, 5.74) is 3.25. The number of carbonyl (C=O) groups excluding carboxylic acids is 1. The van der Waals surface area contributed by atoms with Gasteiger partial charge in [0.25, 0.3) is 0 Å². The third-order valence-electron chi connectivity index (χ3n) is 5.04. The van der Waals surface area contributed by atoms with Gasteiger partial charge in [-0.2, -0.15) is 4.72 Å². The number of para-hydroxylation sites is 1. The number of hydrogen-bond acceptors (Lipinski definition) is 4. The molecule has 0 spiro atoms. The van der Waals surface area contributed by atoms with Crippen molar-refractivity contribution < 1.29 is 17.9 Å². The van der Waals surface area contributed by atoms with Crippen molar-refractivity contribution in [3.63, 3.8) is 0 Å². The lowest BCUT2D eigenvalue weighted by Crippen LogP contribution is -2.45. The Labute approximate surface area is 193 Å². The molecule has 3 rings (SSSR count). The average molecular weight is 473 g/mol.